The molecule has 1 atom stereocenters. The molecule has 3 aliphatic rings. The average molecular weight is 354 g/mol. The van der Waals surface area contributed by atoms with E-state index in [1.807, 2.05) is 0 Å². The Morgan fingerprint density at radius 2 is 2.19 bits per heavy atom. The molecule has 0 radical (unpaired) electrons. The number of ether oxygens (including phenoxy) is 1. The topological polar surface area (TPSA) is 40.1 Å². The second-order valence-electron chi connectivity index (χ2n) is 7.34. The molecule has 5 nitrogen and oxygen atoms in total. The van der Waals surface area contributed by atoms with Gasteiger partial charge in [-0.2, -0.15) is 0 Å². The number of aliphatic imine (C=N–C) groups is 1. The van der Waals surface area contributed by atoms with Crippen LogP contribution in [0.15, 0.2) is 35.3 Å². The number of hydrogen-bond donors (Lipinski definition) is 1. The Kier molecular flexibility index (Phi) is 5.44. The van der Waals surface area contributed by atoms with Gasteiger partial charge in [0.2, 0.25) is 0 Å². The summed E-state index contributed by atoms with van der Waals surface area (Å²) in [5, 5.41) is 3.49. The summed E-state index contributed by atoms with van der Waals surface area (Å²) in [4.78, 5) is 9.91. The monoisotopic (exact) mass is 354 g/mol. The Labute approximate surface area is 156 Å². The van der Waals surface area contributed by atoms with Crippen molar-refractivity contribution < 1.29 is 4.74 Å². The largest absolute Gasteiger partial charge is 0.493 e. The van der Waals surface area contributed by atoms with Gasteiger partial charge in [-0.05, 0) is 37.0 Å². The van der Waals surface area contributed by atoms with Crippen LogP contribution in [0.5, 0.6) is 5.75 Å². The molecule has 4 rings (SSSR count). The fourth-order valence-corrected chi connectivity index (χ4v) is 4.14. The molecule has 1 N–H and O–H groups in total. The summed E-state index contributed by atoms with van der Waals surface area (Å²) in [6, 6.07) is 7.24. The standard InChI is InChI=1S/C21H30N4O/c1-2-22-21(25-13-8-19(16-25)24-11-3-4-12-24)23-10-7-17-5-6-20-18(15-17)9-14-26-20/h3-6,15,19H,2,7-14,16H2,1H3,(H,22,23). The number of hydrogen-bond acceptors (Lipinski definition) is 3. The Hall–Kier alpha value is -2.01. The van der Waals surface area contributed by atoms with Crippen LogP contribution in [0, 0.1) is 0 Å². The summed E-state index contributed by atoms with van der Waals surface area (Å²) in [6.45, 7) is 9.11. The van der Waals surface area contributed by atoms with Crippen LogP contribution in [0.25, 0.3) is 0 Å². The number of rotatable bonds is 5. The van der Waals surface area contributed by atoms with Crippen LogP contribution in [0.4, 0.5) is 0 Å². The number of guanidine groups is 1. The molecule has 26 heavy (non-hydrogen) atoms. The zero-order chi connectivity index (χ0) is 17.8. The molecule has 0 aromatic heterocycles. The van der Waals surface area contributed by atoms with Gasteiger partial charge in [0.05, 0.1) is 6.61 Å². The van der Waals surface area contributed by atoms with Gasteiger partial charge in [-0.1, -0.05) is 24.3 Å². The van der Waals surface area contributed by atoms with Crippen molar-refractivity contribution in [1.82, 2.24) is 15.1 Å². The Bertz CT molecular complexity index is 677. The van der Waals surface area contributed by atoms with E-state index in [-0.39, 0.29) is 0 Å². The Balaban J connectivity index is 1.34. The first-order chi connectivity index (χ1) is 12.8. The summed E-state index contributed by atoms with van der Waals surface area (Å²) in [5.41, 5.74) is 2.70. The normalized spacial score (nSPS) is 22.7. The lowest BCUT2D eigenvalue weighted by Crippen LogP contribution is -2.43. The third-order valence-corrected chi connectivity index (χ3v) is 5.58. The zero-order valence-electron chi connectivity index (χ0n) is 15.8. The molecule has 5 heteroatoms. The molecule has 3 heterocycles. The van der Waals surface area contributed by atoms with Crippen LogP contribution in [-0.4, -0.2) is 67.7 Å². The van der Waals surface area contributed by atoms with Crippen molar-refractivity contribution in [3.63, 3.8) is 0 Å². The molecule has 0 saturated carbocycles. The number of nitrogens with one attached hydrogen (secondary N) is 1. The van der Waals surface area contributed by atoms with Crippen molar-refractivity contribution in [2.75, 3.05) is 45.9 Å². The predicted molar refractivity (Wildman–Crippen MR) is 106 cm³/mol. The van der Waals surface area contributed by atoms with E-state index in [2.05, 4.69) is 52.4 Å². The first-order valence-corrected chi connectivity index (χ1v) is 10.0. The van der Waals surface area contributed by atoms with Crippen molar-refractivity contribution in [2.24, 2.45) is 4.99 Å². The van der Waals surface area contributed by atoms with Gasteiger partial charge in [0.15, 0.2) is 5.96 Å². The molecule has 0 spiro atoms. The van der Waals surface area contributed by atoms with Gasteiger partial charge in [0.25, 0.3) is 0 Å². The van der Waals surface area contributed by atoms with Crippen molar-refractivity contribution in [3.8, 4) is 5.75 Å². The highest BCUT2D eigenvalue weighted by molar-refractivity contribution is 5.80. The van der Waals surface area contributed by atoms with Gasteiger partial charge in [-0.25, -0.2) is 0 Å². The first-order valence-electron chi connectivity index (χ1n) is 10.0. The SMILES string of the molecule is CCNC(=NCCc1ccc2c(c1)CCO2)N1CCC(N2CC=CC2)C1. The lowest BCUT2D eigenvalue weighted by molar-refractivity contribution is 0.259. The molecule has 3 aliphatic heterocycles. The van der Waals surface area contributed by atoms with Crippen LogP contribution in [-0.2, 0) is 12.8 Å². The van der Waals surface area contributed by atoms with Gasteiger partial charge in [0.1, 0.15) is 5.75 Å². The minimum absolute atomic E-state index is 0.658. The average Bonchev–Trinajstić information content (AvgIpc) is 3.40. The lowest BCUT2D eigenvalue weighted by Gasteiger charge is -2.25. The fourth-order valence-electron chi connectivity index (χ4n) is 4.14. The molecule has 1 saturated heterocycles. The molecule has 1 aromatic carbocycles. The van der Waals surface area contributed by atoms with Gasteiger partial charge >= 0.3 is 0 Å². The zero-order valence-corrected chi connectivity index (χ0v) is 15.8. The van der Waals surface area contributed by atoms with Crippen molar-refractivity contribution in [2.45, 2.75) is 32.2 Å². The smallest absolute Gasteiger partial charge is 0.193 e. The van der Waals surface area contributed by atoms with Gasteiger partial charge in [-0.3, -0.25) is 9.89 Å². The van der Waals surface area contributed by atoms with E-state index in [9.17, 15) is 0 Å². The summed E-state index contributed by atoms with van der Waals surface area (Å²) in [6.07, 6.45) is 7.81. The number of benzene rings is 1. The van der Waals surface area contributed by atoms with Gasteiger partial charge in [0, 0.05) is 51.7 Å². The molecule has 0 amide bonds. The number of fused-ring (bicyclic) bond motifs is 1. The first kappa shape index (κ1) is 17.4. The van der Waals surface area contributed by atoms with Crippen LogP contribution in [0.2, 0.25) is 0 Å². The Morgan fingerprint density at radius 1 is 1.31 bits per heavy atom. The predicted octanol–water partition coefficient (Wildman–Crippen LogP) is 2.08. The highest BCUT2D eigenvalue weighted by atomic mass is 16.5. The van der Waals surface area contributed by atoms with Gasteiger partial charge in [-0.15, -0.1) is 0 Å². The number of nitrogens with zero attached hydrogens (tertiary/aromatic N) is 3. The van der Waals surface area contributed by atoms with E-state index in [0.29, 0.717) is 6.04 Å². The van der Waals surface area contributed by atoms with E-state index in [0.717, 1.165) is 70.4 Å². The van der Waals surface area contributed by atoms with E-state index >= 15 is 0 Å². The maximum absolute atomic E-state index is 5.60. The molecule has 1 aromatic rings. The minimum atomic E-state index is 0.658. The van der Waals surface area contributed by atoms with E-state index in [1.165, 1.54) is 17.5 Å². The second-order valence-corrected chi connectivity index (χ2v) is 7.34. The third kappa shape index (κ3) is 3.88. The quantitative estimate of drug-likeness (QED) is 0.499. The molecule has 140 valence electrons. The van der Waals surface area contributed by atoms with E-state index in [1.54, 1.807) is 0 Å². The summed E-state index contributed by atoms with van der Waals surface area (Å²) in [7, 11) is 0. The molecular formula is C21H30N4O. The van der Waals surface area contributed by atoms with Crippen molar-refractivity contribution in [3.05, 3.63) is 41.5 Å². The van der Waals surface area contributed by atoms with Gasteiger partial charge < -0.3 is 15.0 Å². The molecule has 1 fully saturated rings. The summed E-state index contributed by atoms with van der Waals surface area (Å²) in [5.74, 6) is 2.14. The van der Waals surface area contributed by atoms with E-state index < -0.39 is 0 Å². The molecule has 0 aliphatic carbocycles. The maximum atomic E-state index is 5.60. The van der Waals surface area contributed by atoms with Crippen LogP contribution >= 0.6 is 0 Å². The van der Waals surface area contributed by atoms with E-state index in [4.69, 9.17) is 9.73 Å². The van der Waals surface area contributed by atoms with Crippen LogP contribution < -0.4 is 10.1 Å². The minimum Gasteiger partial charge on any atom is -0.493 e. The van der Waals surface area contributed by atoms with Crippen molar-refractivity contribution >= 4 is 5.96 Å². The summed E-state index contributed by atoms with van der Waals surface area (Å²) >= 11 is 0. The maximum Gasteiger partial charge on any atom is 0.193 e. The third-order valence-electron chi connectivity index (χ3n) is 5.58. The molecular weight excluding hydrogens is 324 g/mol. The molecule has 0 bridgehead atoms. The van der Waals surface area contributed by atoms with Crippen molar-refractivity contribution in [1.29, 1.82) is 0 Å². The highest BCUT2D eigenvalue weighted by Crippen LogP contribution is 2.26. The highest BCUT2D eigenvalue weighted by Gasteiger charge is 2.29. The second kappa shape index (κ2) is 8.12. The van der Waals surface area contributed by atoms with Crippen LogP contribution in [0.1, 0.15) is 24.5 Å². The molecule has 1 unspecified atom stereocenters. The lowest BCUT2D eigenvalue weighted by atomic mass is 10.1. The fraction of sp³-hybridized carbons (Fsp3) is 0.571. The van der Waals surface area contributed by atoms with Crippen LogP contribution in [0.3, 0.4) is 0 Å². The Morgan fingerprint density at radius 3 is 3.04 bits per heavy atom. The number of likely N-dealkylation sites (tertiary alicyclic amines) is 1. The summed E-state index contributed by atoms with van der Waals surface area (Å²) < 4.78 is 5.60.